The van der Waals surface area contributed by atoms with Crippen LogP contribution in [0.1, 0.15) is 13.8 Å². The molecule has 0 aliphatic carbocycles. The lowest BCUT2D eigenvalue weighted by Crippen LogP contribution is -2.31. The molecular weight excluding hydrogens is 305 g/mol. The van der Waals surface area contributed by atoms with Crippen molar-refractivity contribution in [2.75, 3.05) is 4.90 Å². The summed E-state index contributed by atoms with van der Waals surface area (Å²) in [5, 5.41) is 0.463. The lowest BCUT2D eigenvalue weighted by molar-refractivity contribution is -0.120. The average molecular weight is 315 g/mol. The Morgan fingerprint density at radius 1 is 1.12 bits per heavy atom. The summed E-state index contributed by atoms with van der Waals surface area (Å²) in [4.78, 5) is 25.0. The smallest absolute Gasteiger partial charge is 0.261 e. The number of benzene rings is 1. The van der Waals surface area contributed by atoms with Crippen LogP contribution in [-0.2, 0) is 9.59 Å². The van der Waals surface area contributed by atoms with Gasteiger partial charge in [-0.1, -0.05) is 11.6 Å². The van der Waals surface area contributed by atoms with E-state index in [1.807, 2.05) is 0 Å². The maximum absolute atomic E-state index is 11.9. The first-order valence-electron chi connectivity index (χ1n) is 4.95. The molecule has 0 spiro atoms. The van der Waals surface area contributed by atoms with Crippen LogP contribution < -0.4 is 4.90 Å². The molecule has 0 radical (unpaired) electrons. The number of amides is 2. The van der Waals surface area contributed by atoms with Gasteiger partial charge in [-0.2, -0.15) is 0 Å². The van der Waals surface area contributed by atoms with Crippen LogP contribution in [0.4, 0.5) is 5.69 Å². The predicted molar refractivity (Wildman–Crippen MR) is 70.0 cm³/mol. The topological polar surface area (TPSA) is 37.4 Å². The highest BCUT2D eigenvalue weighted by molar-refractivity contribution is 9.10. The summed E-state index contributed by atoms with van der Waals surface area (Å²) in [6.07, 6.45) is 0. The molecule has 17 heavy (non-hydrogen) atoms. The summed E-state index contributed by atoms with van der Waals surface area (Å²) in [6, 6.07) is 4.98. The zero-order chi connectivity index (χ0) is 12.7. The van der Waals surface area contributed by atoms with Crippen LogP contribution in [0.25, 0.3) is 0 Å². The average Bonchev–Trinajstić information content (AvgIpc) is 2.48. The van der Waals surface area contributed by atoms with Crippen LogP contribution in [0.2, 0.25) is 5.02 Å². The standard InChI is InChI=1S/C12H9BrClNO2/c1-6-7(2)12(17)15(11(6)16)8-3-4-9(13)10(14)5-8/h3-5H,1-2H3. The predicted octanol–water partition coefficient (Wildman–Crippen LogP) is 3.31. The molecule has 0 saturated heterocycles. The molecule has 0 unspecified atom stereocenters. The molecule has 0 fully saturated rings. The van der Waals surface area contributed by atoms with E-state index in [0.29, 0.717) is 21.9 Å². The van der Waals surface area contributed by atoms with Crippen molar-refractivity contribution in [3.8, 4) is 0 Å². The fourth-order valence-corrected chi connectivity index (χ4v) is 2.03. The molecule has 88 valence electrons. The van der Waals surface area contributed by atoms with Crippen molar-refractivity contribution in [3.05, 3.63) is 38.8 Å². The van der Waals surface area contributed by atoms with E-state index < -0.39 is 0 Å². The van der Waals surface area contributed by atoms with Crippen LogP contribution in [0, 0.1) is 0 Å². The van der Waals surface area contributed by atoms with Gasteiger partial charge in [0.2, 0.25) is 0 Å². The normalized spacial score (nSPS) is 16.1. The van der Waals surface area contributed by atoms with E-state index >= 15 is 0 Å². The third-order valence-corrected chi connectivity index (χ3v) is 4.00. The van der Waals surface area contributed by atoms with Crippen LogP contribution in [-0.4, -0.2) is 11.8 Å². The Hall–Kier alpha value is -1.13. The van der Waals surface area contributed by atoms with Gasteiger partial charge in [-0.15, -0.1) is 0 Å². The Kier molecular flexibility index (Phi) is 3.10. The first-order chi connectivity index (χ1) is 7.93. The highest BCUT2D eigenvalue weighted by Crippen LogP contribution is 2.31. The van der Waals surface area contributed by atoms with Crippen molar-refractivity contribution >= 4 is 45.0 Å². The number of rotatable bonds is 1. The zero-order valence-corrected chi connectivity index (χ0v) is 11.6. The second-order valence-corrected chi connectivity index (χ2v) is 5.06. The van der Waals surface area contributed by atoms with Gasteiger partial charge in [0.1, 0.15) is 0 Å². The van der Waals surface area contributed by atoms with Crippen molar-refractivity contribution in [1.82, 2.24) is 0 Å². The van der Waals surface area contributed by atoms with E-state index in [4.69, 9.17) is 11.6 Å². The summed E-state index contributed by atoms with van der Waals surface area (Å²) < 4.78 is 0.725. The summed E-state index contributed by atoms with van der Waals surface area (Å²) in [6.45, 7) is 3.30. The summed E-state index contributed by atoms with van der Waals surface area (Å²) in [5.74, 6) is -0.572. The van der Waals surface area contributed by atoms with Gasteiger partial charge >= 0.3 is 0 Å². The SMILES string of the molecule is CC1=C(C)C(=O)N(c2ccc(Br)c(Cl)c2)C1=O. The number of imide groups is 1. The molecule has 1 aromatic carbocycles. The minimum absolute atomic E-state index is 0.286. The van der Waals surface area contributed by atoms with Gasteiger partial charge in [-0.05, 0) is 48.0 Å². The maximum atomic E-state index is 11.9. The first kappa shape index (κ1) is 12.3. The van der Waals surface area contributed by atoms with Crippen LogP contribution in [0.5, 0.6) is 0 Å². The minimum atomic E-state index is -0.286. The highest BCUT2D eigenvalue weighted by atomic mass is 79.9. The van der Waals surface area contributed by atoms with E-state index in [0.717, 1.165) is 9.37 Å². The lowest BCUT2D eigenvalue weighted by Gasteiger charge is -2.15. The molecule has 0 aromatic heterocycles. The molecule has 5 heteroatoms. The number of carbonyl (C=O) groups is 2. The van der Waals surface area contributed by atoms with Crippen LogP contribution >= 0.6 is 27.5 Å². The van der Waals surface area contributed by atoms with Crippen LogP contribution in [0.15, 0.2) is 33.8 Å². The van der Waals surface area contributed by atoms with E-state index in [1.165, 1.54) is 0 Å². The second kappa shape index (κ2) is 4.27. The first-order valence-corrected chi connectivity index (χ1v) is 6.12. The third-order valence-electron chi connectivity index (χ3n) is 2.77. The zero-order valence-electron chi connectivity index (χ0n) is 9.25. The number of anilines is 1. The molecule has 1 heterocycles. The third kappa shape index (κ3) is 1.91. The van der Waals surface area contributed by atoms with E-state index in [2.05, 4.69) is 15.9 Å². The Morgan fingerprint density at radius 2 is 1.65 bits per heavy atom. The number of carbonyl (C=O) groups excluding carboxylic acids is 2. The molecular formula is C12H9BrClNO2. The molecule has 0 bridgehead atoms. The molecule has 1 aliphatic heterocycles. The van der Waals surface area contributed by atoms with Gasteiger partial charge in [-0.25, -0.2) is 4.90 Å². The lowest BCUT2D eigenvalue weighted by atomic mass is 10.2. The molecule has 2 amide bonds. The maximum Gasteiger partial charge on any atom is 0.261 e. The molecule has 0 atom stereocenters. The summed E-state index contributed by atoms with van der Waals surface area (Å²) >= 11 is 9.21. The number of hydrogen-bond acceptors (Lipinski definition) is 2. The summed E-state index contributed by atoms with van der Waals surface area (Å²) in [7, 11) is 0. The molecule has 3 nitrogen and oxygen atoms in total. The number of halogens is 2. The van der Waals surface area contributed by atoms with Gasteiger partial charge in [-0.3, -0.25) is 9.59 Å². The van der Waals surface area contributed by atoms with Gasteiger partial charge in [0, 0.05) is 15.6 Å². The van der Waals surface area contributed by atoms with Crippen LogP contribution in [0.3, 0.4) is 0 Å². The van der Waals surface area contributed by atoms with Crippen molar-refractivity contribution in [2.45, 2.75) is 13.8 Å². The van der Waals surface area contributed by atoms with Crippen molar-refractivity contribution < 1.29 is 9.59 Å². The van der Waals surface area contributed by atoms with E-state index in [1.54, 1.807) is 32.0 Å². The summed E-state index contributed by atoms with van der Waals surface area (Å²) in [5.41, 5.74) is 1.45. The Labute approximate surface area is 112 Å². The fourth-order valence-electron chi connectivity index (χ4n) is 1.61. The van der Waals surface area contributed by atoms with Crippen molar-refractivity contribution in [2.24, 2.45) is 0 Å². The van der Waals surface area contributed by atoms with Gasteiger partial charge in [0.25, 0.3) is 11.8 Å². The highest BCUT2D eigenvalue weighted by Gasteiger charge is 2.34. The quantitative estimate of drug-likeness (QED) is 0.746. The molecule has 1 aliphatic rings. The van der Waals surface area contributed by atoms with E-state index in [9.17, 15) is 9.59 Å². The Bertz CT molecular complexity index is 542. The van der Waals surface area contributed by atoms with Gasteiger partial charge in [0.05, 0.1) is 10.7 Å². The van der Waals surface area contributed by atoms with E-state index in [-0.39, 0.29) is 11.8 Å². The molecule has 2 rings (SSSR count). The Morgan fingerprint density at radius 3 is 2.12 bits per heavy atom. The molecule has 0 N–H and O–H groups in total. The molecule has 0 saturated carbocycles. The van der Waals surface area contributed by atoms with Gasteiger partial charge in [0.15, 0.2) is 0 Å². The number of hydrogen-bond donors (Lipinski definition) is 0. The Balaban J connectivity index is 2.47. The molecule has 1 aromatic rings. The minimum Gasteiger partial charge on any atom is -0.269 e. The largest absolute Gasteiger partial charge is 0.269 e. The van der Waals surface area contributed by atoms with Crippen molar-refractivity contribution in [3.63, 3.8) is 0 Å². The van der Waals surface area contributed by atoms with Crippen molar-refractivity contribution in [1.29, 1.82) is 0 Å². The second-order valence-electron chi connectivity index (χ2n) is 3.79. The fraction of sp³-hybridized carbons (Fsp3) is 0.167. The van der Waals surface area contributed by atoms with Gasteiger partial charge < -0.3 is 0 Å². The monoisotopic (exact) mass is 313 g/mol. The number of nitrogens with zero attached hydrogens (tertiary/aromatic N) is 1.